The van der Waals surface area contributed by atoms with Gasteiger partial charge in [-0.3, -0.25) is 9.36 Å². The molecule has 0 aliphatic carbocycles. The number of thioether (sulfide) groups is 1. The van der Waals surface area contributed by atoms with E-state index < -0.39 is 0 Å². The summed E-state index contributed by atoms with van der Waals surface area (Å²) in [6.07, 6.45) is 1.74. The van der Waals surface area contributed by atoms with E-state index in [2.05, 4.69) is 22.1 Å². The number of hydrogen-bond donors (Lipinski definition) is 1. The highest BCUT2D eigenvalue weighted by Gasteiger charge is 2.16. The maximum Gasteiger partial charge on any atom is 0.234 e. The molecule has 168 valence electrons. The molecular weight excluding hydrogens is 491 g/mol. The Kier molecular flexibility index (Phi) is 8.48. The van der Waals surface area contributed by atoms with E-state index in [1.165, 1.54) is 23.9 Å². The number of carbonyl (C=O) groups is 1. The van der Waals surface area contributed by atoms with Crippen molar-refractivity contribution in [3.8, 4) is 5.75 Å². The first kappa shape index (κ1) is 24.5. The van der Waals surface area contributed by atoms with Crippen molar-refractivity contribution in [2.24, 2.45) is 0 Å². The van der Waals surface area contributed by atoms with E-state index in [9.17, 15) is 4.79 Å². The van der Waals surface area contributed by atoms with Crippen molar-refractivity contribution in [3.63, 3.8) is 0 Å². The summed E-state index contributed by atoms with van der Waals surface area (Å²) < 4.78 is 7.87. The molecule has 0 atom stereocenters. The van der Waals surface area contributed by atoms with Crippen molar-refractivity contribution >= 4 is 58.2 Å². The summed E-state index contributed by atoms with van der Waals surface area (Å²) in [7, 11) is 0. The fourth-order valence-corrected chi connectivity index (χ4v) is 4.65. The molecule has 0 radical (unpaired) electrons. The summed E-state index contributed by atoms with van der Waals surface area (Å²) in [6, 6.07) is 9.01. The van der Waals surface area contributed by atoms with E-state index in [0.717, 1.165) is 16.9 Å². The molecule has 3 rings (SSSR count). The van der Waals surface area contributed by atoms with Crippen molar-refractivity contribution in [2.45, 2.75) is 32.2 Å². The van der Waals surface area contributed by atoms with Crippen LogP contribution in [0, 0.1) is 13.8 Å². The molecule has 0 spiro atoms. The van der Waals surface area contributed by atoms with Gasteiger partial charge in [-0.15, -0.1) is 16.8 Å². The van der Waals surface area contributed by atoms with Crippen molar-refractivity contribution in [1.29, 1.82) is 0 Å². The van der Waals surface area contributed by atoms with E-state index in [1.807, 2.05) is 36.6 Å². The Bertz CT molecular complexity index is 1110. The van der Waals surface area contributed by atoms with Crippen LogP contribution in [-0.4, -0.2) is 26.4 Å². The highest BCUT2D eigenvalue weighted by atomic mass is 35.5. The fourth-order valence-electron chi connectivity index (χ4n) is 2.98. The Labute approximate surface area is 205 Å². The third-order valence-corrected chi connectivity index (χ3v) is 6.24. The van der Waals surface area contributed by atoms with Gasteiger partial charge in [-0.1, -0.05) is 70.8 Å². The number of nitrogens with one attached hydrogen (secondary N) is 1. The third kappa shape index (κ3) is 5.98. The van der Waals surface area contributed by atoms with Gasteiger partial charge in [0.1, 0.15) is 12.4 Å². The molecule has 0 bridgehead atoms. The average molecular weight is 512 g/mol. The Morgan fingerprint density at radius 2 is 1.84 bits per heavy atom. The standard InChI is InChI=1S/C22H21Cl3N4O2S/c1-4-8-29-18(11-31-21-13(2)6-5-7-14(21)3)27-28-22(29)32-12-19(30)26-20-16(24)9-15(23)10-17(20)25/h4-7,9-10H,1,8,11-12H2,2-3H3,(H,26,30). The number of amides is 1. The molecule has 6 nitrogen and oxygen atoms in total. The molecule has 1 amide bonds. The van der Waals surface area contributed by atoms with Gasteiger partial charge in [0.15, 0.2) is 11.0 Å². The molecule has 32 heavy (non-hydrogen) atoms. The summed E-state index contributed by atoms with van der Waals surface area (Å²) in [5.41, 5.74) is 2.41. The molecule has 3 aromatic rings. The Morgan fingerprint density at radius 1 is 1.19 bits per heavy atom. The number of carbonyl (C=O) groups excluding carboxylic acids is 1. The van der Waals surface area contributed by atoms with Crippen LogP contribution in [0.3, 0.4) is 0 Å². The largest absolute Gasteiger partial charge is 0.485 e. The van der Waals surface area contributed by atoms with E-state index in [1.54, 1.807) is 6.08 Å². The number of aromatic nitrogens is 3. The molecule has 0 aliphatic heterocycles. The van der Waals surface area contributed by atoms with Gasteiger partial charge in [0.05, 0.1) is 21.5 Å². The predicted octanol–water partition coefficient (Wildman–Crippen LogP) is 6.35. The number of rotatable bonds is 9. The monoisotopic (exact) mass is 510 g/mol. The van der Waals surface area contributed by atoms with Crippen LogP contribution in [0.1, 0.15) is 17.0 Å². The van der Waals surface area contributed by atoms with Gasteiger partial charge in [-0.25, -0.2) is 0 Å². The van der Waals surface area contributed by atoms with Crippen LogP contribution in [0.5, 0.6) is 5.75 Å². The molecule has 1 aromatic heterocycles. The maximum absolute atomic E-state index is 12.5. The first-order chi connectivity index (χ1) is 15.3. The number of anilines is 1. The summed E-state index contributed by atoms with van der Waals surface area (Å²) in [5, 5.41) is 12.7. The zero-order valence-electron chi connectivity index (χ0n) is 17.5. The molecule has 1 heterocycles. The van der Waals surface area contributed by atoms with E-state index in [-0.39, 0.29) is 28.3 Å². The van der Waals surface area contributed by atoms with Gasteiger partial charge in [0.2, 0.25) is 5.91 Å². The Balaban J connectivity index is 1.67. The van der Waals surface area contributed by atoms with Gasteiger partial charge in [0, 0.05) is 11.6 Å². The second-order valence-corrected chi connectivity index (χ2v) is 9.08. The molecule has 0 saturated carbocycles. The van der Waals surface area contributed by atoms with Crippen LogP contribution in [0.4, 0.5) is 5.69 Å². The molecule has 10 heteroatoms. The van der Waals surface area contributed by atoms with Crippen molar-refractivity contribution in [1.82, 2.24) is 14.8 Å². The average Bonchev–Trinajstić information content (AvgIpc) is 3.11. The highest BCUT2D eigenvalue weighted by molar-refractivity contribution is 7.99. The zero-order chi connectivity index (χ0) is 23.3. The number of para-hydroxylation sites is 1. The van der Waals surface area contributed by atoms with Gasteiger partial charge in [-0.05, 0) is 37.1 Å². The van der Waals surface area contributed by atoms with Crippen molar-refractivity contribution in [3.05, 3.63) is 75.0 Å². The normalized spacial score (nSPS) is 10.8. The lowest BCUT2D eigenvalue weighted by Gasteiger charge is -2.13. The predicted molar refractivity (Wildman–Crippen MR) is 131 cm³/mol. The molecule has 0 saturated heterocycles. The van der Waals surface area contributed by atoms with E-state index in [4.69, 9.17) is 39.5 Å². The molecule has 0 aliphatic rings. The third-order valence-electron chi connectivity index (χ3n) is 4.46. The molecule has 1 N–H and O–H groups in total. The second kappa shape index (κ2) is 11.1. The zero-order valence-corrected chi connectivity index (χ0v) is 20.6. The van der Waals surface area contributed by atoms with Crippen LogP contribution in [0.15, 0.2) is 48.1 Å². The highest BCUT2D eigenvalue weighted by Crippen LogP contribution is 2.34. The van der Waals surface area contributed by atoms with E-state index in [0.29, 0.717) is 28.2 Å². The number of halogens is 3. The SMILES string of the molecule is C=CCn1c(COc2c(C)cccc2C)nnc1SCC(=O)Nc1c(Cl)cc(Cl)cc1Cl. The number of ether oxygens (including phenoxy) is 1. The fraction of sp³-hybridized carbons (Fsp3) is 0.227. The minimum Gasteiger partial charge on any atom is -0.485 e. The second-order valence-electron chi connectivity index (χ2n) is 6.89. The first-order valence-corrected chi connectivity index (χ1v) is 11.7. The quantitative estimate of drug-likeness (QED) is 0.268. The smallest absolute Gasteiger partial charge is 0.234 e. The minimum absolute atomic E-state index is 0.0856. The molecule has 0 unspecified atom stereocenters. The summed E-state index contributed by atoms with van der Waals surface area (Å²) in [5.74, 6) is 1.26. The topological polar surface area (TPSA) is 69.0 Å². The summed E-state index contributed by atoms with van der Waals surface area (Å²) in [6.45, 7) is 8.52. The van der Waals surface area contributed by atoms with Gasteiger partial charge >= 0.3 is 0 Å². The number of benzene rings is 2. The summed E-state index contributed by atoms with van der Waals surface area (Å²) >= 11 is 19.4. The van der Waals surface area contributed by atoms with Crippen LogP contribution in [0.2, 0.25) is 15.1 Å². The maximum atomic E-state index is 12.5. The minimum atomic E-state index is -0.289. The number of nitrogens with zero attached hydrogens (tertiary/aromatic N) is 3. The number of hydrogen-bond acceptors (Lipinski definition) is 5. The number of allylic oxidation sites excluding steroid dienone is 1. The van der Waals surface area contributed by atoms with Gasteiger partial charge in [-0.2, -0.15) is 0 Å². The first-order valence-electron chi connectivity index (χ1n) is 9.59. The van der Waals surface area contributed by atoms with Gasteiger partial charge < -0.3 is 10.1 Å². The van der Waals surface area contributed by atoms with Crippen molar-refractivity contribution in [2.75, 3.05) is 11.1 Å². The molecule has 0 fully saturated rings. The lowest BCUT2D eigenvalue weighted by atomic mass is 10.1. The Hall–Kier alpha value is -2.19. The summed E-state index contributed by atoms with van der Waals surface area (Å²) in [4.78, 5) is 12.5. The van der Waals surface area contributed by atoms with E-state index >= 15 is 0 Å². The Morgan fingerprint density at radius 3 is 2.47 bits per heavy atom. The molecular formula is C22H21Cl3N4O2S. The van der Waals surface area contributed by atoms with Crippen molar-refractivity contribution < 1.29 is 9.53 Å². The molecule has 2 aromatic carbocycles. The van der Waals surface area contributed by atoms with Crippen LogP contribution >= 0.6 is 46.6 Å². The lowest BCUT2D eigenvalue weighted by Crippen LogP contribution is -2.15. The lowest BCUT2D eigenvalue weighted by molar-refractivity contribution is -0.113. The van der Waals surface area contributed by atoms with Gasteiger partial charge in [0.25, 0.3) is 0 Å². The van der Waals surface area contributed by atoms with Crippen LogP contribution < -0.4 is 10.1 Å². The number of aryl methyl sites for hydroxylation is 2. The van der Waals surface area contributed by atoms with Crippen LogP contribution in [0.25, 0.3) is 0 Å². The van der Waals surface area contributed by atoms with Crippen LogP contribution in [-0.2, 0) is 17.9 Å².